The number of hydrogen-bond donors (Lipinski definition) is 2. The molecule has 0 atom stereocenters. The van der Waals surface area contributed by atoms with Gasteiger partial charge in [-0.2, -0.15) is 5.10 Å². The van der Waals surface area contributed by atoms with Gasteiger partial charge in [0, 0.05) is 24.3 Å². The number of amides is 1. The lowest BCUT2D eigenvalue weighted by Crippen LogP contribution is -2.29. The van der Waals surface area contributed by atoms with Crippen LogP contribution in [-0.2, 0) is 15.6 Å². The third-order valence-electron chi connectivity index (χ3n) is 5.83. The minimum atomic E-state index is -3.79. The second kappa shape index (κ2) is 9.07. The van der Waals surface area contributed by atoms with Gasteiger partial charge < -0.3 is 5.32 Å². The summed E-state index contributed by atoms with van der Waals surface area (Å²) in [6.07, 6.45) is 1.44. The van der Waals surface area contributed by atoms with Crippen LogP contribution >= 0.6 is 0 Å². The predicted molar refractivity (Wildman–Crippen MR) is 138 cm³/mol. The maximum absolute atomic E-state index is 13.5. The van der Waals surface area contributed by atoms with E-state index in [1.807, 2.05) is 46.2 Å². The lowest BCUT2D eigenvalue weighted by Gasteiger charge is -2.20. The summed E-state index contributed by atoms with van der Waals surface area (Å²) < 4.78 is 30.0. The first-order chi connectivity index (χ1) is 16.4. The van der Waals surface area contributed by atoms with E-state index in [0.717, 1.165) is 12.1 Å². The lowest BCUT2D eigenvalue weighted by atomic mass is 10.0. The summed E-state index contributed by atoms with van der Waals surface area (Å²) in [4.78, 5) is 22.6. The smallest absolute Gasteiger partial charge is 0.262 e. The molecule has 186 valence electrons. The molecule has 4 rings (SSSR count). The van der Waals surface area contributed by atoms with Crippen molar-refractivity contribution in [3.05, 3.63) is 47.3 Å². The van der Waals surface area contributed by atoms with Gasteiger partial charge in [0.2, 0.25) is 0 Å². The molecule has 10 heteroatoms. The van der Waals surface area contributed by atoms with Crippen molar-refractivity contribution in [1.82, 2.24) is 19.5 Å². The average Bonchev–Trinajstić information content (AvgIpc) is 3.40. The molecule has 0 radical (unpaired) electrons. The molecule has 2 aromatic heterocycles. The highest BCUT2D eigenvalue weighted by molar-refractivity contribution is 7.90. The Bertz CT molecular complexity index is 1430. The quantitative estimate of drug-likeness (QED) is 0.545. The van der Waals surface area contributed by atoms with Crippen LogP contribution in [0, 0.1) is 6.92 Å². The van der Waals surface area contributed by atoms with Crippen LogP contribution in [0.15, 0.2) is 40.2 Å². The van der Waals surface area contributed by atoms with E-state index in [4.69, 9.17) is 4.98 Å². The van der Waals surface area contributed by atoms with Crippen molar-refractivity contribution in [2.24, 2.45) is 4.99 Å². The standard InChI is InChI=1S/C25H32N6O3S/c1-15(2)20-14-19(22-16(3)29-31(23(22)28-20)25(4,5)6)24(32)27-17-9-7-10-18(13-17)35(33,34)30-21-11-8-12-26-21/h7,9-10,13-15H,8,11-12H2,1-6H3,(H,26,30)(H,27,32). The molecular weight excluding hydrogens is 464 g/mol. The number of anilines is 1. The van der Waals surface area contributed by atoms with E-state index in [1.165, 1.54) is 12.1 Å². The summed E-state index contributed by atoms with van der Waals surface area (Å²) in [5, 5.41) is 8.24. The molecule has 3 heterocycles. The van der Waals surface area contributed by atoms with Gasteiger partial charge in [-0.3, -0.25) is 14.5 Å². The van der Waals surface area contributed by atoms with Crippen LogP contribution in [0.4, 0.5) is 5.69 Å². The van der Waals surface area contributed by atoms with Gasteiger partial charge in [0.15, 0.2) is 5.65 Å². The van der Waals surface area contributed by atoms with Gasteiger partial charge in [-0.15, -0.1) is 0 Å². The van der Waals surface area contributed by atoms with Crippen molar-refractivity contribution in [3.63, 3.8) is 0 Å². The van der Waals surface area contributed by atoms with E-state index >= 15 is 0 Å². The number of nitrogens with one attached hydrogen (secondary N) is 2. The summed E-state index contributed by atoms with van der Waals surface area (Å²) >= 11 is 0. The molecule has 0 spiro atoms. The molecule has 0 saturated carbocycles. The van der Waals surface area contributed by atoms with Gasteiger partial charge in [-0.25, -0.2) is 18.1 Å². The molecule has 0 bridgehead atoms. The Kier molecular flexibility index (Phi) is 6.44. The van der Waals surface area contributed by atoms with E-state index in [2.05, 4.69) is 20.1 Å². The highest BCUT2D eigenvalue weighted by atomic mass is 32.2. The topological polar surface area (TPSA) is 118 Å². The van der Waals surface area contributed by atoms with Gasteiger partial charge in [-0.05, 0) is 64.3 Å². The number of hydrogen-bond acceptors (Lipinski definition) is 6. The number of aromatic nitrogens is 3. The second-order valence-corrected chi connectivity index (χ2v) is 11.8. The average molecular weight is 497 g/mol. The second-order valence-electron chi connectivity index (χ2n) is 10.1. The molecule has 1 amide bonds. The fourth-order valence-corrected chi connectivity index (χ4v) is 5.16. The Hall–Kier alpha value is -3.27. The number of aliphatic imine (C=N–C) groups is 1. The van der Waals surface area contributed by atoms with Crippen molar-refractivity contribution >= 4 is 38.5 Å². The number of rotatable bonds is 5. The Labute approximate surface area is 206 Å². The highest BCUT2D eigenvalue weighted by Crippen LogP contribution is 2.29. The van der Waals surface area contributed by atoms with Gasteiger partial charge in [0.25, 0.3) is 15.9 Å². The summed E-state index contributed by atoms with van der Waals surface area (Å²) in [7, 11) is -3.79. The Morgan fingerprint density at radius 1 is 1.17 bits per heavy atom. The number of benzene rings is 1. The molecule has 2 N–H and O–H groups in total. The molecule has 1 aliphatic rings. The Balaban J connectivity index is 1.71. The minimum absolute atomic E-state index is 0.0596. The number of amidine groups is 1. The van der Waals surface area contributed by atoms with Crippen molar-refractivity contribution in [2.75, 3.05) is 11.9 Å². The number of nitrogens with zero attached hydrogens (tertiary/aromatic N) is 4. The third kappa shape index (κ3) is 5.07. The van der Waals surface area contributed by atoms with E-state index < -0.39 is 10.0 Å². The van der Waals surface area contributed by atoms with Crippen molar-refractivity contribution in [2.45, 2.75) is 70.7 Å². The summed E-state index contributed by atoms with van der Waals surface area (Å²) in [5.74, 6) is 0.220. The van der Waals surface area contributed by atoms with Crippen LogP contribution in [0.25, 0.3) is 11.0 Å². The van der Waals surface area contributed by atoms with Crippen LogP contribution < -0.4 is 10.0 Å². The zero-order chi connectivity index (χ0) is 25.5. The lowest BCUT2D eigenvalue weighted by molar-refractivity contribution is 0.102. The van der Waals surface area contributed by atoms with Crippen molar-refractivity contribution in [1.29, 1.82) is 0 Å². The van der Waals surface area contributed by atoms with Crippen LogP contribution in [0.3, 0.4) is 0 Å². The van der Waals surface area contributed by atoms with Crippen LogP contribution in [0.2, 0.25) is 0 Å². The van der Waals surface area contributed by atoms with E-state index in [1.54, 1.807) is 18.2 Å². The van der Waals surface area contributed by atoms with Gasteiger partial charge in [-0.1, -0.05) is 19.9 Å². The third-order valence-corrected chi connectivity index (χ3v) is 7.21. The predicted octanol–water partition coefficient (Wildman–Crippen LogP) is 4.34. The molecule has 35 heavy (non-hydrogen) atoms. The van der Waals surface area contributed by atoms with Crippen molar-refractivity contribution < 1.29 is 13.2 Å². The maximum atomic E-state index is 13.5. The number of pyridine rings is 1. The monoisotopic (exact) mass is 496 g/mol. The molecule has 3 aromatic rings. The van der Waals surface area contributed by atoms with E-state index in [0.29, 0.717) is 46.8 Å². The first-order valence-electron chi connectivity index (χ1n) is 11.7. The van der Waals surface area contributed by atoms with Gasteiger partial charge in [0.1, 0.15) is 5.84 Å². The number of carbonyl (C=O) groups is 1. The van der Waals surface area contributed by atoms with Crippen LogP contribution in [0.5, 0.6) is 0 Å². The number of aryl methyl sites for hydroxylation is 1. The van der Waals surface area contributed by atoms with Crippen molar-refractivity contribution in [3.8, 4) is 0 Å². The number of fused-ring (bicyclic) bond motifs is 1. The molecule has 0 unspecified atom stereocenters. The van der Waals surface area contributed by atoms with E-state index in [9.17, 15) is 13.2 Å². The number of sulfonamides is 1. The molecule has 0 saturated heterocycles. The Morgan fingerprint density at radius 3 is 2.54 bits per heavy atom. The SMILES string of the molecule is Cc1nn(C(C)(C)C)c2nc(C(C)C)cc(C(=O)Nc3cccc(S(=O)(=O)NC4=NCCC4)c3)c12. The van der Waals surface area contributed by atoms with E-state index in [-0.39, 0.29) is 22.3 Å². The molecular formula is C25H32N6O3S. The number of carbonyl (C=O) groups excluding carboxylic acids is 1. The summed E-state index contributed by atoms with van der Waals surface area (Å²) in [6.45, 7) is 12.7. The van der Waals surface area contributed by atoms with Gasteiger partial charge in [0.05, 0.1) is 27.1 Å². The van der Waals surface area contributed by atoms with Crippen LogP contribution in [0.1, 0.15) is 75.1 Å². The molecule has 0 fully saturated rings. The first-order valence-corrected chi connectivity index (χ1v) is 13.2. The normalized spacial score (nSPS) is 14.4. The molecule has 0 aliphatic carbocycles. The van der Waals surface area contributed by atoms with Gasteiger partial charge >= 0.3 is 0 Å². The maximum Gasteiger partial charge on any atom is 0.262 e. The molecule has 9 nitrogen and oxygen atoms in total. The largest absolute Gasteiger partial charge is 0.322 e. The van der Waals surface area contributed by atoms with Crippen LogP contribution in [-0.4, -0.2) is 41.5 Å². The zero-order valence-corrected chi connectivity index (χ0v) is 21.8. The fourth-order valence-electron chi connectivity index (χ4n) is 4.03. The fraction of sp³-hybridized carbons (Fsp3) is 0.440. The first kappa shape index (κ1) is 24.8. The molecule has 1 aliphatic heterocycles. The minimum Gasteiger partial charge on any atom is -0.322 e. The summed E-state index contributed by atoms with van der Waals surface area (Å²) in [6, 6.07) is 8.00. The highest BCUT2D eigenvalue weighted by Gasteiger charge is 2.26. The zero-order valence-electron chi connectivity index (χ0n) is 21.0. The molecule has 1 aromatic carbocycles. The summed E-state index contributed by atoms with van der Waals surface area (Å²) in [5.41, 5.74) is 2.67. The Morgan fingerprint density at radius 2 is 1.91 bits per heavy atom.